The van der Waals surface area contributed by atoms with Gasteiger partial charge < -0.3 is 9.64 Å². The van der Waals surface area contributed by atoms with Crippen LogP contribution < -0.4 is 10.3 Å². The Balaban J connectivity index is 1.93. The van der Waals surface area contributed by atoms with Crippen molar-refractivity contribution in [1.82, 2.24) is 14.5 Å². The van der Waals surface area contributed by atoms with E-state index < -0.39 is 11.9 Å². The lowest BCUT2D eigenvalue weighted by Gasteiger charge is -2.31. The van der Waals surface area contributed by atoms with E-state index in [4.69, 9.17) is 9.72 Å². The van der Waals surface area contributed by atoms with Crippen molar-refractivity contribution in [1.29, 1.82) is 0 Å². The number of hydrogen-bond donors (Lipinski definition) is 0. The topological polar surface area (TPSA) is 64.4 Å². The first-order valence-electron chi connectivity index (χ1n) is 11.7. The van der Waals surface area contributed by atoms with E-state index in [1.165, 1.54) is 22.8 Å². The average Bonchev–Trinajstić information content (AvgIpc) is 2.88. The van der Waals surface area contributed by atoms with Crippen molar-refractivity contribution in [2.24, 2.45) is 0 Å². The third-order valence-electron chi connectivity index (χ3n) is 6.05. The van der Waals surface area contributed by atoms with Gasteiger partial charge in [-0.1, -0.05) is 43.7 Å². The van der Waals surface area contributed by atoms with Gasteiger partial charge in [0.15, 0.2) is 0 Å². The van der Waals surface area contributed by atoms with Crippen LogP contribution in [0.5, 0.6) is 5.75 Å². The zero-order valence-corrected chi connectivity index (χ0v) is 20.1. The van der Waals surface area contributed by atoms with Crippen LogP contribution in [-0.4, -0.2) is 34.0 Å². The number of carbonyl (C=O) groups is 1. The van der Waals surface area contributed by atoms with E-state index in [9.17, 15) is 14.0 Å². The molecular weight excluding hydrogens is 445 g/mol. The quantitative estimate of drug-likeness (QED) is 0.337. The Hall–Kier alpha value is -4.00. The van der Waals surface area contributed by atoms with E-state index >= 15 is 0 Å². The molecule has 0 saturated carbocycles. The summed E-state index contributed by atoms with van der Waals surface area (Å²) in [5.74, 6) is 0.115. The van der Waals surface area contributed by atoms with Gasteiger partial charge in [-0.3, -0.25) is 14.2 Å². The Bertz CT molecular complexity index is 1420. The van der Waals surface area contributed by atoms with Gasteiger partial charge in [-0.25, -0.2) is 9.37 Å². The second-order valence-corrected chi connectivity index (χ2v) is 8.34. The number of halogens is 1. The molecule has 1 amide bonds. The predicted molar refractivity (Wildman–Crippen MR) is 135 cm³/mol. The summed E-state index contributed by atoms with van der Waals surface area (Å²) >= 11 is 0. The Morgan fingerprint density at radius 2 is 1.83 bits per heavy atom. The zero-order chi connectivity index (χ0) is 24.9. The van der Waals surface area contributed by atoms with E-state index in [-0.39, 0.29) is 17.0 Å². The first-order valence-corrected chi connectivity index (χ1v) is 11.7. The summed E-state index contributed by atoms with van der Waals surface area (Å²) in [6.07, 6.45) is 1.61. The summed E-state index contributed by atoms with van der Waals surface area (Å²) in [5, 5.41) is 0.464. The molecule has 0 aliphatic heterocycles. The molecule has 1 aromatic heterocycles. The summed E-state index contributed by atoms with van der Waals surface area (Å²) in [5.41, 5.74) is 1.07. The minimum absolute atomic E-state index is 0.250. The number of benzene rings is 3. The highest BCUT2D eigenvalue weighted by Gasteiger charge is 2.28. The monoisotopic (exact) mass is 473 g/mol. The second-order valence-electron chi connectivity index (χ2n) is 8.34. The molecule has 35 heavy (non-hydrogen) atoms. The fourth-order valence-corrected chi connectivity index (χ4v) is 4.20. The molecule has 4 rings (SSSR count). The Morgan fingerprint density at radius 3 is 2.57 bits per heavy atom. The van der Waals surface area contributed by atoms with Gasteiger partial charge in [0.25, 0.3) is 11.5 Å². The number of methoxy groups -OCH3 is 1. The van der Waals surface area contributed by atoms with Crippen LogP contribution in [0.4, 0.5) is 4.39 Å². The van der Waals surface area contributed by atoms with Crippen LogP contribution >= 0.6 is 0 Å². The van der Waals surface area contributed by atoms with Crippen LogP contribution in [0, 0.1) is 5.82 Å². The minimum Gasteiger partial charge on any atom is -0.495 e. The molecule has 1 heterocycles. The Kier molecular flexibility index (Phi) is 7.25. The molecule has 0 spiro atoms. The highest BCUT2D eigenvalue weighted by molar-refractivity contribution is 5.94. The van der Waals surface area contributed by atoms with Crippen LogP contribution in [0.2, 0.25) is 0 Å². The maximum Gasteiger partial charge on any atom is 0.266 e. The lowest BCUT2D eigenvalue weighted by Crippen LogP contribution is -2.38. The van der Waals surface area contributed by atoms with Gasteiger partial charge >= 0.3 is 0 Å². The van der Waals surface area contributed by atoms with Crippen molar-refractivity contribution < 1.29 is 13.9 Å². The van der Waals surface area contributed by atoms with Gasteiger partial charge in [0.05, 0.1) is 29.7 Å². The van der Waals surface area contributed by atoms with Crippen molar-refractivity contribution in [3.8, 4) is 11.4 Å². The van der Waals surface area contributed by atoms with Gasteiger partial charge in [-0.05, 0) is 55.8 Å². The molecule has 6 nitrogen and oxygen atoms in total. The highest BCUT2D eigenvalue weighted by Crippen LogP contribution is 2.28. The van der Waals surface area contributed by atoms with E-state index in [1.807, 2.05) is 32.0 Å². The van der Waals surface area contributed by atoms with Gasteiger partial charge in [0, 0.05) is 12.1 Å². The van der Waals surface area contributed by atoms with Crippen LogP contribution in [0.3, 0.4) is 0 Å². The number of unbranched alkanes of at least 4 members (excludes halogenated alkanes) is 1. The van der Waals surface area contributed by atoms with E-state index in [0.29, 0.717) is 34.7 Å². The lowest BCUT2D eigenvalue weighted by molar-refractivity contribution is 0.0677. The number of aromatic nitrogens is 2. The summed E-state index contributed by atoms with van der Waals surface area (Å²) in [7, 11) is 1.54. The molecule has 0 fully saturated rings. The molecule has 7 heteroatoms. The van der Waals surface area contributed by atoms with Crippen LogP contribution in [0.1, 0.15) is 48.9 Å². The maximum absolute atomic E-state index is 13.9. The fourth-order valence-electron chi connectivity index (χ4n) is 4.20. The molecule has 3 aromatic carbocycles. The number of amides is 1. The van der Waals surface area contributed by atoms with Gasteiger partial charge in [0.1, 0.15) is 17.4 Å². The predicted octanol–water partition coefficient (Wildman–Crippen LogP) is 5.54. The summed E-state index contributed by atoms with van der Waals surface area (Å²) in [6, 6.07) is 19.4. The van der Waals surface area contributed by atoms with Crippen molar-refractivity contribution in [3.63, 3.8) is 0 Å². The van der Waals surface area contributed by atoms with Crippen LogP contribution in [0.25, 0.3) is 16.6 Å². The molecule has 1 atom stereocenters. The number of hydrogen-bond acceptors (Lipinski definition) is 4. The molecule has 0 bridgehead atoms. The lowest BCUT2D eigenvalue weighted by atomic mass is 10.1. The number of carbonyl (C=O) groups excluding carboxylic acids is 1. The number of rotatable bonds is 8. The smallest absolute Gasteiger partial charge is 0.266 e. The molecule has 0 saturated heterocycles. The number of ether oxygens (including phenoxy) is 1. The third kappa shape index (κ3) is 4.80. The first kappa shape index (κ1) is 24.1. The SMILES string of the molecule is CCCCN(C(=O)c1cccc(F)c1)C(C)c1nc2ccccc2c(=O)n1-c1ccccc1OC. The van der Waals surface area contributed by atoms with Crippen LogP contribution in [-0.2, 0) is 0 Å². The molecule has 0 aliphatic carbocycles. The largest absolute Gasteiger partial charge is 0.495 e. The standard InChI is InChI=1S/C28H28FN3O3/c1-4-5-17-31(27(33)20-11-10-12-21(29)18-20)19(2)26-30-23-14-7-6-13-22(23)28(34)32(26)24-15-8-9-16-25(24)35-3/h6-16,18-19H,4-5,17H2,1-3H3. The number of para-hydroxylation sites is 3. The number of fused-ring (bicyclic) bond motifs is 1. The molecule has 180 valence electrons. The van der Waals surface area contributed by atoms with Crippen molar-refractivity contribution >= 4 is 16.8 Å². The highest BCUT2D eigenvalue weighted by atomic mass is 19.1. The first-order chi connectivity index (χ1) is 17.0. The Labute approximate surface area is 203 Å². The van der Waals surface area contributed by atoms with E-state index in [0.717, 1.165) is 12.8 Å². The minimum atomic E-state index is -0.584. The summed E-state index contributed by atoms with van der Waals surface area (Å²) in [4.78, 5) is 33.8. The molecule has 0 N–H and O–H groups in total. The zero-order valence-electron chi connectivity index (χ0n) is 20.1. The van der Waals surface area contributed by atoms with Gasteiger partial charge in [0.2, 0.25) is 0 Å². The molecular formula is C28H28FN3O3. The summed E-state index contributed by atoms with van der Waals surface area (Å²) in [6.45, 7) is 4.31. The third-order valence-corrected chi connectivity index (χ3v) is 6.05. The number of nitrogens with zero attached hydrogens (tertiary/aromatic N) is 3. The molecule has 0 aliphatic rings. The van der Waals surface area contributed by atoms with Gasteiger partial charge in [-0.15, -0.1) is 0 Å². The fraction of sp³-hybridized carbons (Fsp3) is 0.250. The van der Waals surface area contributed by atoms with Crippen LogP contribution in [0.15, 0.2) is 77.6 Å². The van der Waals surface area contributed by atoms with E-state index in [2.05, 4.69) is 0 Å². The molecule has 0 radical (unpaired) electrons. The average molecular weight is 474 g/mol. The van der Waals surface area contributed by atoms with Crippen molar-refractivity contribution in [3.05, 3.63) is 100 Å². The van der Waals surface area contributed by atoms with Crippen molar-refractivity contribution in [2.45, 2.75) is 32.7 Å². The van der Waals surface area contributed by atoms with Gasteiger partial charge in [-0.2, -0.15) is 0 Å². The normalized spacial score (nSPS) is 11.9. The van der Waals surface area contributed by atoms with Crippen molar-refractivity contribution in [2.75, 3.05) is 13.7 Å². The Morgan fingerprint density at radius 1 is 1.09 bits per heavy atom. The maximum atomic E-state index is 13.9. The van der Waals surface area contributed by atoms with E-state index in [1.54, 1.807) is 48.4 Å². The molecule has 4 aromatic rings. The molecule has 1 unspecified atom stereocenters. The second kappa shape index (κ2) is 10.5. The summed E-state index contributed by atoms with van der Waals surface area (Å²) < 4.78 is 21.0.